The third kappa shape index (κ3) is 3.83. The molecule has 1 aromatic heterocycles. The highest BCUT2D eigenvalue weighted by atomic mass is 79.9. The molecule has 6 heteroatoms. The lowest BCUT2D eigenvalue weighted by Gasteiger charge is -2.20. The molecule has 0 radical (unpaired) electrons. The molecule has 0 saturated heterocycles. The van der Waals surface area contributed by atoms with Crippen molar-refractivity contribution >= 4 is 15.9 Å². The predicted octanol–water partition coefficient (Wildman–Crippen LogP) is 4.56. The van der Waals surface area contributed by atoms with Gasteiger partial charge in [-0.05, 0) is 52.3 Å². The maximum atomic E-state index is 12.9. The SMILES string of the molecule is CCNC(c1cccc(C(F)(F)F)c1)c1ncccc1Br. The van der Waals surface area contributed by atoms with Crippen LogP contribution >= 0.6 is 15.9 Å². The number of halogens is 4. The topological polar surface area (TPSA) is 24.9 Å². The highest BCUT2D eigenvalue weighted by Gasteiger charge is 2.31. The number of hydrogen-bond donors (Lipinski definition) is 1. The number of alkyl halides is 3. The van der Waals surface area contributed by atoms with Gasteiger partial charge < -0.3 is 5.32 Å². The number of pyridine rings is 1. The average molecular weight is 359 g/mol. The molecular formula is C15H14BrF3N2. The summed E-state index contributed by atoms with van der Waals surface area (Å²) in [6.45, 7) is 2.52. The molecule has 0 fully saturated rings. The van der Waals surface area contributed by atoms with Crippen LogP contribution in [0.1, 0.15) is 29.8 Å². The predicted molar refractivity (Wildman–Crippen MR) is 78.9 cm³/mol. The minimum atomic E-state index is -4.35. The molecule has 0 bridgehead atoms. The van der Waals surface area contributed by atoms with E-state index in [-0.39, 0.29) is 0 Å². The lowest BCUT2D eigenvalue weighted by molar-refractivity contribution is -0.137. The molecule has 1 heterocycles. The van der Waals surface area contributed by atoms with E-state index in [0.717, 1.165) is 16.6 Å². The van der Waals surface area contributed by atoms with Crippen molar-refractivity contribution in [3.05, 3.63) is 63.9 Å². The Bertz CT molecular complexity index is 614. The minimum absolute atomic E-state index is 0.395. The van der Waals surface area contributed by atoms with Gasteiger partial charge in [-0.2, -0.15) is 13.2 Å². The first-order valence-electron chi connectivity index (χ1n) is 6.44. The molecule has 2 nitrogen and oxygen atoms in total. The summed E-state index contributed by atoms with van der Waals surface area (Å²) in [5.41, 5.74) is 0.541. The van der Waals surface area contributed by atoms with E-state index in [2.05, 4.69) is 26.2 Å². The molecule has 1 unspecified atom stereocenters. The van der Waals surface area contributed by atoms with Gasteiger partial charge in [0.2, 0.25) is 0 Å². The summed E-state index contributed by atoms with van der Waals surface area (Å²) in [4.78, 5) is 4.27. The van der Waals surface area contributed by atoms with Gasteiger partial charge in [0.15, 0.2) is 0 Å². The lowest BCUT2D eigenvalue weighted by atomic mass is 10.0. The van der Waals surface area contributed by atoms with E-state index in [1.54, 1.807) is 18.3 Å². The summed E-state index contributed by atoms with van der Waals surface area (Å²) in [7, 11) is 0. The first-order valence-corrected chi connectivity index (χ1v) is 7.23. The minimum Gasteiger partial charge on any atom is -0.305 e. The molecule has 1 atom stereocenters. The fourth-order valence-corrected chi connectivity index (χ4v) is 2.57. The van der Waals surface area contributed by atoms with E-state index in [1.807, 2.05) is 13.0 Å². The third-order valence-corrected chi connectivity index (χ3v) is 3.69. The van der Waals surface area contributed by atoms with E-state index in [1.165, 1.54) is 6.07 Å². The van der Waals surface area contributed by atoms with Crippen LogP contribution in [0.4, 0.5) is 13.2 Å². The largest absolute Gasteiger partial charge is 0.416 e. The Kier molecular flexibility index (Phi) is 5.00. The molecule has 2 aromatic rings. The van der Waals surface area contributed by atoms with Gasteiger partial charge in [0.05, 0.1) is 17.3 Å². The summed E-state index contributed by atoms with van der Waals surface area (Å²) >= 11 is 3.40. The van der Waals surface area contributed by atoms with Gasteiger partial charge in [-0.1, -0.05) is 19.1 Å². The summed E-state index contributed by atoms with van der Waals surface area (Å²) in [6, 6.07) is 8.51. The van der Waals surface area contributed by atoms with Crippen LogP contribution < -0.4 is 5.32 Å². The van der Waals surface area contributed by atoms with Crippen LogP contribution in [0.15, 0.2) is 47.1 Å². The summed E-state index contributed by atoms with van der Waals surface area (Å²) in [5, 5.41) is 3.17. The van der Waals surface area contributed by atoms with Gasteiger partial charge in [-0.3, -0.25) is 4.98 Å². The van der Waals surface area contributed by atoms with Gasteiger partial charge in [-0.25, -0.2) is 0 Å². The second-order valence-electron chi connectivity index (χ2n) is 4.48. The number of aromatic nitrogens is 1. The average Bonchev–Trinajstić information content (AvgIpc) is 2.45. The van der Waals surface area contributed by atoms with Gasteiger partial charge in [-0.15, -0.1) is 0 Å². The molecule has 0 amide bonds. The number of nitrogens with zero attached hydrogens (tertiary/aromatic N) is 1. The van der Waals surface area contributed by atoms with Crippen molar-refractivity contribution in [2.75, 3.05) is 6.54 Å². The van der Waals surface area contributed by atoms with Crippen LogP contribution in [0, 0.1) is 0 Å². The van der Waals surface area contributed by atoms with Gasteiger partial charge in [0.1, 0.15) is 0 Å². The van der Waals surface area contributed by atoms with Crippen molar-refractivity contribution in [3.8, 4) is 0 Å². The second-order valence-corrected chi connectivity index (χ2v) is 5.34. The Morgan fingerprint density at radius 3 is 2.62 bits per heavy atom. The zero-order valence-electron chi connectivity index (χ0n) is 11.3. The Hall–Kier alpha value is -1.40. The van der Waals surface area contributed by atoms with Crippen molar-refractivity contribution in [1.82, 2.24) is 10.3 Å². The Balaban J connectivity index is 2.46. The zero-order chi connectivity index (χ0) is 15.5. The van der Waals surface area contributed by atoms with E-state index >= 15 is 0 Å². The quantitative estimate of drug-likeness (QED) is 0.866. The van der Waals surface area contributed by atoms with Crippen LogP contribution in [0.2, 0.25) is 0 Å². The van der Waals surface area contributed by atoms with E-state index < -0.39 is 17.8 Å². The van der Waals surface area contributed by atoms with Crippen molar-refractivity contribution < 1.29 is 13.2 Å². The fraction of sp³-hybridized carbons (Fsp3) is 0.267. The van der Waals surface area contributed by atoms with Crippen molar-refractivity contribution in [3.63, 3.8) is 0 Å². The van der Waals surface area contributed by atoms with Crippen molar-refractivity contribution in [1.29, 1.82) is 0 Å². The molecule has 1 N–H and O–H groups in total. The Labute approximate surface area is 129 Å². The smallest absolute Gasteiger partial charge is 0.305 e. The second kappa shape index (κ2) is 6.58. The van der Waals surface area contributed by atoms with Crippen molar-refractivity contribution in [2.24, 2.45) is 0 Å². The van der Waals surface area contributed by atoms with Crippen LogP contribution in [0.5, 0.6) is 0 Å². The first-order chi connectivity index (χ1) is 9.93. The maximum absolute atomic E-state index is 12.9. The standard InChI is InChI=1S/C15H14BrF3N2/c1-2-20-13(14-12(16)7-4-8-21-14)10-5-3-6-11(9-10)15(17,18)19/h3-9,13,20H,2H2,1H3. The van der Waals surface area contributed by atoms with Crippen LogP contribution in [-0.4, -0.2) is 11.5 Å². The summed E-state index contributed by atoms with van der Waals surface area (Å²) in [6.07, 6.45) is -2.73. The molecule has 2 rings (SSSR count). The van der Waals surface area contributed by atoms with Crippen LogP contribution in [0.25, 0.3) is 0 Å². The van der Waals surface area contributed by atoms with E-state index in [9.17, 15) is 13.2 Å². The highest BCUT2D eigenvalue weighted by Crippen LogP contribution is 2.33. The molecule has 21 heavy (non-hydrogen) atoms. The Morgan fingerprint density at radius 1 is 1.24 bits per heavy atom. The van der Waals surface area contributed by atoms with E-state index in [0.29, 0.717) is 17.8 Å². The number of rotatable bonds is 4. The third-order valence-electron chi connectivity index (χ3n) is 3.02. The molecule has 0 aliphatic heterocycles. The number of nitrogens with one attached hydrogen (secondary N) is 1. The normalized spacial score (nSPS) is 13.2. The first kappa shape index (κ1) is 16.0. The molecule has 0 saturated carbocycles. The maximum Gasteiger partial charge on any atom is 0.416 e. The number of benzene rings is 1. The molecule has 0 aliphatic carbocycles. The highest BCUT2D eigenvalue weighted by molar-refractivity contribution is 9.10. The number of hydrogen-bond acceptors (Lipinski definition) is 2. The van der Waals surface area contributed by atoms with Crippen LogP contribution in [0.3, 0.4) is 0 Å². The van der Waals surface area contributed by atoms with Gasteiger partial charge >= 0.3 is 6.18 Å². The van der Waals surface area contributed by atoms with Crippen LogP contribution in [-0.2, 0) is 6.18 Å². The monoisotopic (exact) mass is 358 g/mol. The Morgan fingerprint density at radius 2 is 2.00 bits per heavy atom. The molecular weight excluding hydrogens is 345 g/mol. The molecule has 1 aromatic carbocycles. The summed E-state index contributed by atoms with van der Waals surface area (Å²) < 4.78 is 39.3. The van der Waals surface area contributed by atoms with Gasteiger partial charge in [0, 0.05) is 10.7 Å². The van der Waals surface area contributed by atoms with Crippen molar-refractivity contribution in [2.45, 2.75) is 19.1 Å². The summed E-state index contributed by atoms with van der Waals surface area (Å²) in [5.74, 6) is 0. The lowest BCUT2D eigenvalue weighted by Crippen LogP contribution is -2.23. The fourth-order valence-electron chi connectivity index (χ4n) is 2.08. The zero-order valence-corrected chi connectivity index (χ0v) is 12.9. The van der Waals surface area contributed by atoms with Gasteiger partial charge in [0.25, 0.3) is 0 Å². The molecule has 112 valence electrons. The molecule has 0 spiro atoms. The van der Waals surface area contributed by atoms with E-state index in [4.69, 9.17) is 0 Å². The molecule has 0 aliphatic rings.